The average Bonchev–Trinajstić information content (AvgIpc) is 2.50. The minimum Gasteiger partial charge on any atom is -0.550 e. The maximum absolute atomic E-state index is 10.2. The molecule has 0 saturated heterocycles. The monoisotopic (exact) mass is 434 g/mol. The average molecular weight is 434 g/mol. The molecule has 2 nitrogen and oxygen atoms in total. The van der Waals surface area contributed by atoms with Crippen LogP contribution in [0.5, 0.6) is 0 Å². The molecule has 0 bridgehead atoms. The summed E-state index contributed by atoms with van der Waals surface area (Å²) in [5, 5.41) is 10.2. The molecule has 3 heteroatoms. The smallest absolute Gasteiger partial charge is 0.550 e. The van der Waals surface area contributed by atoms with Crippen molar-refractivity contribution >= 4 is 5.97 Å². The van der Waals surface area contributed by atoms with E-state index in [1.807, 2.05) is 6.08 Å². The van der Waals surface area contributed by atoms with Crippen LogP contribution in [0.4, 0.5) is 0 Å². The summed E-state index contributed by atoms with van der Waals surface area (Å²) in [5.41, 5.74) is 0. The maximum atomic E-state index is 10.2. The number of hydrogen-bond donors (Lipinski definition) is 0. The Morgan fingerprint density at radius 3 is 1.52 bits per heavy atom. The summed E-state index contributed by atoms with van der Waals surface area (Å²) in [6, 6.07) is 0. The van der Waals surface area contributed by atoms with Crippen LogP contribution in [0, 0.1) is 0 Å². The molecule has 0 aromatic heterocycles. The number of unbranched alkanes of at least 4 members (excludes halogenated alkanes) is 1. The maximum Gasteiger partial charge on any atom is 1.00 e. The fourth-order valence-electron chi connectivity index (χ4n) is 1.73. The topological polar surface area (TPSA) is 40.1 Å². The van der Waals surface area contributed by atoms with Crippen molar-refractivity contribution in [2.24, 2.45) is 0 Å². The summed E-state index contributed by atoms with van der Waals surface area (Å²) in [6.45, 7) is 2.14. The van der Waals surface area contributed by atoms with Gasteiger partial charge in [0.25, 0.3) is 0 Å². The van der Waals surface area contributed by atoms with Crippen LogP contribution < -0.4 is 74.0 Å². The number of carboxylic acids is 1. The Hall–Kier alpha value is 0.222. The second-order valence-electron chi connectivity index (χ2n) is 4.97. The molecule has 0 atom stereocenters. The van der Waals surface area contributed by atoms with Gasteiger partial charge in [-0.25, -0.2) is 0 Å². The number of rotatable bonds is 13. The fraction of sp³-hybridized carbons (Fsp3) is 0.450. The molecular formula is C20H29CsO2. The largest absolute Gasteiger partial charge is 1.00 e. The normalized spacial score (nSPS) is 12.2. The van der Waals surface area contributed by atoms with Gasteiger partial charge in [-0.2, -0.15) is 0 Å². The van der Waals surface area contributed by atoms with Crippen molar-refractivity contribution in [1.29, 1.82) is 0 Å². The van der Waals surface area contributed by atoms with Gasteiger partial charge in [0.1, 0.15) is 0 Å². The van der Waals surface area contributed by atoms with Crippen molar-refractivity contribution in [3.8, 4) is 0 Å². The van der Waals surface area contributed by atoms with Gasteiger partial charge in [-0.05, 0) is 51.4 Å². The SMILES string of the molecule is CC/C=C\C/C=C\C/C=C\C/C=C\C/C=C\CCCC(=O)[O-].[Cs+]. The minimum atomic E-state index is -0.965. The van der Waals surface area contributed by atoms with Crippen LogP contribution in [0.1, 0.15) is 58.3 Å². The molecule has 0 saturated carbocycles. The van der Waals surface area contributed by atoms with E-state index in [1.165, 1.54) is 0 Å². The van der Waals surface area contributed by atoms with Gasteiger partial charge in [0.05, 0.1) is 0 Å². The summed E-state index contributed by atoms with van der Waals surface area (Å²) < 4.78 is 0. The Labute approximate surface area is 200 Å². The number of allylic oxidation sites excluding steroid dienone is 10. The Balaban J connectivity index is 0. The van der Waals surface area contributed by atoms with Crippen LogP contribution in [0.25, 0.3) is 0 Å². The predicted molar refractivity (Wildman–Crippen MR) is 93.3 cm³/mol. The van der Waals surface area contributed by atoms with Gasteiger partial charge in [0.15, 0.2) is 0 Å². The van der Waals surface area contributed by atoms with E-state index in [4.69, 9.17) is 0 Å². The van der Waals surface area contributed by atoms with Crippen molar-refractivity contribution in [2.75, 3.05) is 0 Å². The number of carbonyl (C=O) groups excluding carboxylic acids is 1. The summed E-state index contributed by atoms with van der Waals surface area (Å²) in [4.78, 5) is 10.2. The van der Waals surface area contributed by atoms with Crippen molar-refractivity contribution in [3.63, 3.8) is 0 Å². The minimum absolute atomic E-state index is 0. The van der Waals surface area contributed by atoms with Crippen molar-refractivity contribution in [3.05, 3.63) is 60.8 Å². The van der Waals surface area contributed by atoms with Crippen LogP contribution in [0.15, 0.2) is 60.8 Å². The van der Waals surface area contributed by atoms with E-state index in [1.54, 1.807) is 0 Å². The molecule has 0 amide bonds. The third-order valence-electron chi connectivity index (χ3n) is 2.91. The van der Waals surface area contributed by atoms with Gasteiger partial charge in [0.2, 0.25) is 0 Å². The summed E-state index contributed by atoms with van der Waals surface area (Å²) in [7, 11) is 0. The summed E-state index contributed by atoms with van der Waals surface area (Å²) >= 11 is 0. The Morgan fingerprint density at radius 1 is 0.739 bits per heavy atom. The van der Waals surface area contributed by atoms with Crippen molar-refractivity contribution < 1.29 is 78.8 Å². The van der Waals surface area contributed by atoms with E-state index in [0.717, 1.165) is 38.5 Å². The van der Waals surface area contributed by atoms with Crippen LogP contribution in [0.3, 0.4) is 0 Å². The fourth-order valence-corrected chi connectivity index (χ4v) is 1.73. The summed E-state index contributed by atoms with van der Waals surface area (Å²) in [6.07, 6.45) is 28.1. The zero-order valence-electron chi connectivity index (χ0n) is 14.7. The van der Waals surface area contributed by atoms with Gasteiger partial charge >= 0.3 is 68.9 Å². The molecule has 0 aromatic rings. The summed E-state index contributed by atoms with van der Waals surface area (Å²) in [5.74, 6) is -0.965. The molecule has 0 aromatic carbocycles. The first-order chi connectivity index (χ1) is 10.8. The zero-order chi connectivity index (χ0) is 16.3. The molecule has 0 unspecified atom stereocenters. The van der Waals surface area contributed by atoms with Crippen LogP contribution >= 0.6 is 0 Å². The number of carboxylic acid groups (broad SMARTS) is 1. The van der Waals surface area contributed by atoms with Gasteiger partial charge < -0.3 is 9.90 Å². The predicted octanol–water partition coefficient (Wildman–Crippen LogP) is 1.66. The first-order valence-corrected chi connectivity index (χ1v) is 8.22. The molecule has 0 aliphatic heterocycles. The molecule has 0 radical (unpaired) electrons. The Morgan fingerprint density at radius 2 is 1.13 bits per heavy atom. The molecule has 0 N–H and O–H groups in total. The molecule has 0 spiro atoms. The second-order valence-corrected chi connectivity index (χ2v) is 4.97. The van der Waals surface area contributed by atoms with Gasteiger partial charge in [-0.3, -0.25) is 0 Å². The van der Waals surface area contributed by atoms with Crippen molar-refractivity contribution in [2.45, 2.75) is 58.3 Å². The van der Waals surface area contributed by atoms with Crippen LogP contribution in [0.2, 0.25) is 0 Å². The van der Waals surface area contributed by atoms with E-state index in [0.29, 0.717) is 6.42 Å². The number of hydrogen-bond acceptors (Lipinski definition) is 2. The Bertz CT molecular complexity index is 404. The first kappa shape index (κ1) is 25.5. The third kappa shape index (κ3) is 24.6. The van der Waals surface area contributed by atoms with Crippen LogP contribution in [-0.2, 0) is 4.79 Å². The zero-order valence-corrected chi connectivity index (χ0v) is 21.0. The molecule has 23 heavy (non-hydrogen) atoms. The Kier molecular flexibility index (Phi) is 24.6. The molecule has 0 aliphatic carbocycles. The molecule has 0 heterocycles. The van der Waals surface area contributed by atoms with Crippen molar-refractivity contribution in [1.82, 2.24) is 0 Å². The van der Waals surface area contributed by atoms with Gasteiger partial charge in [-0.1, -0.05) is 67.7 Å². The van der Waals surface area contributed by atoms with Gasteiger partial charge in [-0.15, -0.1) is 0 Å². The van der Waals surface area contributed by atoms with E-state index in [2.05, 4.69) is 61.6 Å². The van der Waals surface area contributed by atoms with Gasteiger partial charge in [0, 0.05) is 5.97 Å². The molecule has 0 aliphatic rings. The molecule has 0 fully saturated rings. The number of carbonyl (C=O) groups is 1. The second kappa shape index (κ2) is 22.2. The van der Waals surface area contributed by atoms with E-state index in [-0.39, 0.29) is 75.3 Å². The molecule has 0 rings (SSSR count). The quantitative estimate of drug-likeness (QED) is 0.327. The van der Waals surface area contributed by atoms with E-state index in [9.17, 15) is 9.90 Å². The van der Waals surface area contributed by atoms with Crippen LogP contribution in [-0.4, -0.2) is 5.97 Å². The van der Waals surface area contributed by atoms with E-state index >= 15 is 0 Å². The first-order valence-electron chi connectivity index (χ1n) is 8.22. The third-order valence-corrected chi connectivity index (χ3v) is 2.91. The molecular weight excluding hydrogens is 405 g/mol. The number of aliphatic carboxylic acids is 1. The van der Waals surface area contributed by atoms with E-state index < -0.39 is 5.97 Å². The molecule has 122 valence electrons. The standard InChI is InChI=1S/C20H30O2.Cs/c1-2-3-4-5-6-7-8-9-10-11-12-13-14-15-16-17-18-19-20(21)22;/h3-4,6-7,9-10,12-13,15-16H,2,5,8,11,14,17-19H2,1H3,(H,21,22);/q;+1/p-1/b4-3-,7-6-,10-9-,13-12-,16-15-;.